The summed E-state index contributed by atoms with van der Waals surface area (Å²) in [7, 11) is 5.54. The Hall–Kier alpha value is -3.47. The minimum atomic E-state index is -0.677. The lowest BCUT2D eigenvalue weighted by atomic mass is 9.97. The summed E-state index contributed by atoms with van der Waals surface area (Å²) in [6, 6.07) is 4.64. The molecule has 0 fully saturated rings. The minimum absolute atomic E-state index is 0.104. The van der Waals surface area contributed by atoms with Gasteiger partial charge in [0.15, 0.2) is 17.3 Å². The molecule has 8 nitrogen and oxygen atoms in total. The largest absolute Gasteiger partial charge is 0.494 e. The fourth-order valence-corrected chi connectivity index (χ4v) is 2.64. The first-order valence-electron chi connectivity index (χ1n) is 7.49. The predicted molar refractivity (Wildman–Crippen MR) is 92.3 cm³/mol. The predicted octanol–water partition coefficient (Wildman–Crippen LogP) is 1.53. The van der Waals surface area contributed by atoms with E-state index >= 15 is 0 Å². The van der Waals surface area contributed by atoms with Crippen LogP contribution < -0.4 is 19.8 Å². The van der Waals surface area contributed by atoms with Gasteiger partial charge in [-0.2, -0.15) is 5.26 Å². The first-order chi connectivity index (χ1) is 12.3. The Morgan fingerprint density at radius 3 is 2.12 bits per heavy atom. The van der Waals surface area contributed by atoms with Gasteiger partial charge in [0.2, 0.25) is 11.6 Å². The van der Waals surface area contributed by atoms with Gasteiger partial charge in [0.25, 0.3) is 5.56 Å². The number of nitriles is 1. The van der Waals surface area contributed by atoms with Crippen LogP contribution in [0.2, 0.25) is 0 Å². The number of carbonyl (C=O) groups excluding carboxylic acids is 1. The van der Waals surface area contributed by atoms with E-state index in [9.17, 15) is 20.0 Å². The van der Waals surface area contributed by atoms with Crippen LogP contribution in [0.25, 0.3) is 0 Å². The van der Waals surface area contributed by atoms with Crippen molar-refractivity contribution < 1.29 is 24.1 Å². The lowest BCUT2D eigenvalue weighted by Gasteiger charge is -2.15. The Morgan fingerprint density at radius 1 is 1.15 bits per heavy atom. The molecule has 136 valence electrons. The van der Waals surface area contributed by atoms with E-state index in [-0.39, 0.29) is 33.8 Å². The van der Waals surface area contributed by atoms with Crippen molar-refractivity contribution in [1.29, 1.82) is 5.26 Å². The van der Waals surface area contributed by atoms with Crippen molar-refractivity contribution in [3.8, 4) is 29.2 Å². The Labute approximate surface area is 149 Å². The Kier molecular flexibility index (Phi) is 5.22. The molecule has 26 heavy (non-hydrogen) atoms. The van der Waals surface area contributed by atoms with E-state index < -0.39 is 17.2 Å². The number of hydrogen-bond donors (Lipinski definition) is 1. The van der Waals surface area contributed by atoms with Crippen LogP contribution in [0.4, 0.5) is 0 Å². The molecule has 1 heterocycles. The first kappa shape index (κ1) is 18.9. The molecule has 0 aliphatic carbocycles. The molecule has 2 aromatic rings. The zero-order chi connectivity index (χ0) is 19.6. The monoisotopic (exact) mass is 358 g/mol. The summed E-state index contributed by atoms with van der Waals surface area (Å²) >= 11 is 0. The molecule has 1 aromatic carbocycles. The zero-order valence-electron chi connectivity index (χ0n) is 15.0. The molecule has 0 unspecified atom stereocenters. The van der Waals surface area contributed by atoms with Gasteiger partial charge in [0.1, 0.15) is 11.6 Å². The fraction of sp³-hybridized carbons (Fsp3) is 0.278. The van der Waals surface area contributed by atoms with Gasteiger partial charge >= 0.3 is 0 Å². The maximum Gasteiger partial charge on any atom is 0.271 e. The molecule has 0 atom stereocenters. The van der Waals surface area contributed by atoms with E-state index in [0.717, 1.165) is 4.57 Å². The molecule has 0 saturated heterocycles. The summed E-state index contributed by atoms with van der Waals surface area (Å²) < 4.78 is 16.5. The third-order valence-electron chi connectivity index (χ3n) is 4.08. The number of rotatable bonds is 5. The van der Waals surface area contributed by atoms with Crippen LogP contribution in [0.5, 0.6) is 23.1 Å². The molecule has 2 rings (SSSR count). The molecule has 0 spiro atoms. The van der Waals surface area contributed by atoms with Crippen molar-refractivity contribution in [1.82, 2.24) is 4.57 Å². The molecule has 1 N–H and O–H groups in total. The van der Waals surface area contributed by atoms with Crippen molar-refractivity contribution in [3.63, 3.8) is 0 Å². The van der Waals surface area contributed by atoms with Crippen LogP contribution in [-0.2, 0) is 7.05 Å². The van der Waals surface area contributed by atoms with Gasteiger partial charge in [-0.25, -0.2) is 0 Å². The second-order valence-corrected chi connectivity index (χ2v) is 5.42. The molecular weight excluding hydrogens is 340 g/mol. The lowest BCUT2D eigenvalue weighted by molar-refractivity contribution is 0.103. The topological polar surface area (TPSA) is 111 Å². The molecule has 8 heteroatoms. The smallest absolute Gasteiger partial charge is 0.271 e. The van der Waals surface area contributed by atoms with Crippen molar-refractivity contribution in [2.75, 3.05) is 21.3 Å². The van der Waals surface area contributed by atoms with E-state index in [1.165, 1.54) is 47.4 Å². The second kappa shape index (κ2) is 7.19. The highest BCUT2D eigenvalue weighted by Gasteiger charge is 2.25. The van der Waals surface area contributed by atoms with Gasteiger partial charge in [0.05, 0.1) is 26.9 Å². The van der Waals surface area contributed by atoms with E-state index in [1.54, 1.807) is 6.07 Å². The van der Waals surface area contributed by atoms with Gasteiger partial charge in [-0.3, -0.25) is 14.2 Å². The Balaban J connectivity index is 2.78. The zero-order valence-corrected chi connectivity index (χ0v) is 15.0. The van der Waals surface area contributed by atoms with Crippen LogP contribution in [0.1, 0.15) is 27.0 Å². The quantitative estimate of drug-likeness (QED) is 0.807. The van der Waals surface area contributed by atoms with E-state index in [0.29, 0.717) is 5.75 Å². The van der Waals surface area contributed by atoms with Crippen LogP contribution in [0.3, 0.4) is 0 Å². The molecule has 0 bridgehead atoms. The molecule has 0 aliphatic rings. The highest BCUT2D eigenvalue weighted by atomic mass is 16.5. The van der Waals surface area contributed by atoms with Gasteiger partial charge < -0.3 is 19.3 Å². The average molecular weight is 358 g/mol. The summed E-state index contributed by atoms with van der Waals surface area (Å²) in [5.74, 6) is -0.280. The normalized spacial score (nSPS) is 10.2. The third kappa shape index (κ3) is 2.84. The summed E-state index contributed by atoms with van der Waals surface area (Å²) in [6.45, 7) is 1.44. The number of ketones is 1. The second-order valence-electron chi connectivity index (χ2n) is 5.42. The molecule has 0 radical (unpaired) electrons. The van der Waals surface area contributed by atoms with Crippen LogP contribution >= 0.6 is 0 Å². The highest BCUT2D eigenvalue weighted by molar-refractivity contribution is 6.12. The Bertz CT molecular complexity index is 960. The number of hydrogen-bond acceptors (Lipinski definition) is 7. The van der Waals surface area contributed by atoms with Crippen molar-refractivity contribution >= 4 is 5.78 Å². The van der Waals surface area contributed by atoms with E-state index in [4.69, 9.17) is 14.2 Å². The summed E-state index contributed by atoms with van der Waals surface area (Å²) in [5, 5.41) is 19.5. The number of nitrogens with zero attached hydrogens (tertiary/aromatic N) is 2. The molecule has 0 saturated carbocycles. The SMILES string of the molecule is COc1cc(C(=O)c2c(C)c(C#N)c(=O)n(C)c2O)cc(OC)c1OC. The number of carbonyl (C=O) groups is 1. The van der Waals surface area contributed by atoms with Gasteiger partial charge in [-0.1, -0.05) is 0 Å². The number of pyridine rings is 1. The maximum atomic E-state index is 13.0. The van der Waals surface area contributed by atoms with E-state index in [1.807, 2.05) is 0 Å². The van der Waals surface area contributed by atoms with E-state index in [2.05, 4.69) is 0 Å². The van der Waals surface area contributed by atoms with Crippen molar-refractivity contribution in [2.24, 2.45) is 7.05 Å². The van der Waals surface area contributed by atoms with Gasteiger partial charge in [-0.05, 0) is 24.6 Å². The van der Waals surface area contributed by atoms with Crippen molar-refractivity contribution in [3.05, 3.63) is 44.7 Å². The number of ether oxygens (including phenoxy) is 3. The number of benzene rings is 1. The molecule has 0 aliphatic heterocycles. The standard InChI is InChI=1S/C18H18N2O6/c1-9-11(8-19)17(22)20(2)18(23)14(9)15(21)10-6-12(24-3)16(26-5)13(7-10)25-4/h6-7,23H,1-5H3. The van der Waals surface area contributed by atoms with Crippen LogP contribution in [0.15, 0.2) is 16.9 Å². The van der Waals surface area contributed by atoms with Gasteiger partial charge in [-0.15, -0.1) is 0 Å². The Morgan fingerprint density at radius 2 is 1.69 bits per heavy atom. The number of methoxy groups -OCH3 is 3. The summed E-state index contributed by atoms with van der Waals surface area (Å²) in [5.41, 5.74) is -0.782. The number of aromatic nitrogens is 1. The van der Waals surface area contributed by atoms with Crippen LogP contribution in [0, 0.1) is 18.3 Å². The van der Waals surface area contributed by atoms with Gasteiger partial charge in [0, 0.05) is 12.6 Å². The molecular formula is C18H18N2O6. The highest BCUT2D eigenvalue weighted by Crippen LogP contribution is 2.39. The minimum Gasteiger partial charge on any atom is -0.494 e. The van der Waals surface area contributed by atoms with Crippen molar-refractivity contribution in [2.45, 2.75) is 6.92 Å². The average Bonchev–Trinajstić information content (AvgIpc) is 2.65. The molecule has 1 aromatic heterocycles. The summed E-state index contributed by atoms with van der Waals surface area (Å²) in [6.07, 6.45) is 0. The van der Waals surface area contributed by atoms with Crippen LogP contribution in [-0.4, -0.2) is 36.8 Å². The maximum absolute atomic E-state index is 13.0. The first-order valence-corrected chi connectivity index (χ1v) is 7.49. The fourth-order valence-electron chi connectivity index (χ4n) is 2.64. The lowest BCUT2D eigenvalue weighted by Crippen LogP contribution is -2.24. The summed E-state index contributed by atoms with van der Waals surface area (Å²) in [4.78, 5) is 25.1. The number of aromatic hydroxyl groups is 1. The molecule has 0 amide bonds. The third-order valence-corrected chi connectivity index (χ3v) is 4.08.